The summed E-state index contributed by atoms with van der Waals surface area (Å²) in [4.78, 5) is 3.07. The highest BCUT2D eigenvalue weighted by Crippen LogP contribution is 2.36. The fraction of sp³-hybridized carbons (Fsp3) is 0.429. The molecule has 7 nitrogen and oxygen atoms in total. The maximum absolute atomic E-state index is 10.0. The van der Waals surface area contributed by atoms with Gasteiger partial charge in [0, 0.05) is 5.39 Å². The Morgan fingerprint density at radius 3 is 2.59 bits per heavy atom. The number of benzene rings is 1. The molecule has 5 atom stereocenters. The summed E-state index contributed by atoms with van der Waals surface area (Å²) in [6.07, 6.45) is -6.55. The first-order valence-corrected chi connectivity index (χ1v) is 7.55. The molecule has 0 unspecified atom stereocenters. The van der Waals surface area contributed by atoms with E-state index in [0.29, 0.717) is 10.4 Å². The van der Waals surface area contributed by atoms with Crippen LogP contribution in [0.4, 0.5) is 0 Å². The summed E-state index contributed by atoms with van der Waals surface area (Å²) in [6.45, 7) is -0.500. The van der Waals surface area contributed by atoms with E-state index in [1.165, 1.54) is 0 Å². The second-order valence-corrected chi connectivity index (χ2v) is 5.92. The number of aromatic nitrogens is 1. The van der Waals surface area contributed by atoms with Gasteiger partial charge in [0.15, 0.2) is 5.75 Å². The molecular weight excluding hydrogens is 358 g/mol. The molecular formula is C14H16BrNO6. The van der Waals surface area contributed by atoms with Crippen LogP contribution in [0.1, 0.15) is 0 Å². The van der Waals surface area contributed by atoms with Crippen LogP contribution >= 0.6 is 15.9 Å². The molecule has 1 aliphatic rings. The lowest BCUT2D eigenvalue weighted by atomic mass is 9.99. The van der Waals surface area contributed by atoms with Gasteiger partial charge < -0.3 is 34.9 Å². The van der Waals surface area contributed by atoms with E-state index in [2.05, 4.69) is 20.9 Å². The molecule has 2 aromatic rings. The Bertz CT molecular complexity index is 660. The van der Waals surface area contributed by atoms with Crippen molar-refractivity contribution in [1.82, 2.24) is 4.98 Å². The summed E-state index contributed by atoms with van der Waals surface area (Å²) < 4.78 is 11.6. The first kappa shape index (κ1) is 15.7. The number of para-hydroxylation sites is 1. The van der Waals surface area contributed by atoms with Crippen LogP contribution in [0.15, 0.2) is 28.9 Å². The zero-order valence-corrected chi connectivity index (χ0v) is 13.0. The normalized spacial score (nSPS) is 32.3. The number of hydrogen-bond donors (Lipinski definition) is 5. The number of fused-ring (bicyclic) bond motifs is 1. The molecule has 120 valence electrons. The highest BCUT2D eigenvalue weighted by atomic mass is 79.9. The number of H-pyrrole nitrogens is 1. The smallest absolute Gasteiger partial charge is 0.229 e. The van der Waals surface area contributed by atoms with Crippen LogP contribution in [-0.4, -0.2) is 62.7 Å². The van der Waals surface area contributed by atoms with Gasteiger partial charge in [-0.15, -0.1) is 0 Å². The molecule has 1 aromatic heterocycles. The molecule has 1 aliphatic heterocycles. The van der Waals surface area contributed by atoms with E-state index >= 15 is 0 Å². The number of halogens is 1. The summed E-state index contributed by atoms with van der Waals surface area (Å²) in [5, 5.41) is 39.5. The van der Waals surface area contributed by atoms with Gasteiger partial charge in [0.2, 0.25) is 6.29 Å². The number of aliphatic hydroxyl groups excluding tert-OH is 4. The summed E-state index contributed by atoms with van der Waals surface area (Å²) in [5.74, 6) is 0.417. The van der Waals surface area contributed by atoms with Crippen molar-refractivity contribution in [1.29, 1.82) is 0 Å². The number of rotatable bonds is 3. The van der Waals surface area contributed by atoms with Crippen LogP contribution in [0.25, 0.3) is 10.9 Å². The van der Waals surface area contributed by atoms with E-state index in [1.807, 2.05) is 24.3 Å². The Kier molecular flexibility index (Phi) is 4.40. The summed E-state index contributed by atoms with van der Waals surface area (Å²) in [6, 6.07) is 7.39. The van der Waals surface area contributed by atoms with E-state index in [0.717, 1.165) is 10.9 Å². The molecule has 0 aliphatic carbocycles. The zero-order chi connectivity index (χ0) is 15.9. The van der Waals surface area contributed by atoms with Gasteiger partial charge in [-0.05, 0) is 28.1 Å². The predicted octanol–water partition coefficient (Wildman–Crippen LogP) is 0.109. The van der Waals surface area contributed by atoms with Crippen molar-refractivity contribution >= 4 is 26.8 Å². The van der Waals surface area contributed by atoms with Crippen LogP contribution < -0.4 is 4.74 Å². The fourth-order valence-corrected chi connectivity index (χ4v) is 3.00. The second-order valence-electron chi connectivity index (χ2n) is 5.13. The molecule has 2 heterocycles. The van der Waals surface area contributed by atoms with Gasteiger partial charge in [0.25, 0.3) is 0 Å². The van der Waals surface area contributed by atoms with Crippen LogP contribution in [0, 0.1) is 0 Å². The molecule has 0 radical (unpaired) electrons. The third kappa shape index (κ3) is 2.62. The Morgan fingerprint density at radius 2 is 1.86 bits per heavy atom. The van der Waals surface area contributed by atoms with Crippen molar-refractivity contribution in [3.8, 4) is 5.75 Å². The average molecular weight is 374 g/mol. The van der Waals surface area contributed by atoms with Crippen LogP contribution in [0.2, 0.25) is 0 Å². The summed E-state index contributed by atoms with van der Waals surface area (Å²) in [5.41, 5.74) is 0.828. The van der Waals surface area contributed by atoms with Crippen LogP contribution in [0.3, 0.4) is 0 Å². The SMILES string of the molecule is OC[C@H]1O[C@@H](Oc2c(Br)[nH]c3ccccc23)[C@H](O)[C@@H](O)[C@@H]1O. The minimum atomic E-state index is -1.47. The lowest BCUT2D eigenvalue weighted by Gasteiger charge is -2.39. The van der Waals surface area contributed by atoms with Crippen molar-refractivity contribution in [2.75, 3.05) is 6.61 Å². The van der Waals surface area contributed by atoms with E-state index in [-0.39, 0.29) is 0 Å². The fourth-order valence-electron chi connectivity index (χ4n) is 2.48. The van der Waals surface area contributed by atoms with Gasteiger partial charge in [0.05, 0.1) is 12.1 Å². The zero-order valence-electron chi connectivity index (χ0n) is 11.4. The van der Waals surface area contributed by atoms with Gasteiger partial charge in [-0.3, -0.25) is 0 Å². The van der Waals surface area contributed by atoms with E-state index in [4.69, 9.17) is 9.47 Å². The van der Waals surface area contributed by atoms with Crippen LogP contribution in [-0.2, 0) is 4.74 Å². The van der Waals surface area contributed by atoms with Crippen molar-refractivity contribution in [2.45, 2.75) is 30.7 Å². The van der Waals surface area contributed by atoms with Crippen molar-refractivity contribution in [3.05, 3.63) is 28.9 Å². The number of hydrogen-bond acceptors (Lipinski definition) is 6. The predicted molar refractivity (Wildman–Crippen MR) is 80.4 cm³/mol. The Hall–Kier alpha value is -1.16. The maximum Gasteiger partial charge on any atom is 0.229 e. The minimum Gasteiger partial charge on any atom is -0.459 e. The lowest BCUT2D eigenvalue weighted by molar-refractivity contribution is -0.277. The summed E-state index contributed by atoms with van der Waals surface area (Å²) >= 11 is 3.34. The number of ether oxygens (including phenoxy) is 2. The van der Waals surface area contributed by atoms with Crippen molar-refractivity contribution < 1.29 is 29.9 Å². The lowest BCUT2D eigenvalue weighted by Crippen LogP contribution is -2.60. The molecule has 0 bridgehead atoms. The van der Waals surface area contributed by atoms with Gasteiger partial charge in [0.1, 0.15) is 29.0 Å². The van der Waals surface area contributed by atoms with E-state index in [1.54, 1.807) is 0 Å². The Labute approximate surface area is 134 Å². The molecule has 8 heteroatoms. The molecule has 1 saturated heterocycles. The Morgan fingerprint density at radius 1 is 1.14 bits per heavy atom. The molecule has 22 heavy (non-hydrogen) atoms. The minimum absolute atomic E-state index is 0.417. The first-order valence-electron chi connectivity index (χ1n) is 6.76. The number of aliphatic hydroxyl groups is 4. The van der Waals surface area contributed by atoms with Gasteiger partial charge in [-0.1, -0.05) is 12.1 Å². The van der Waals surface area contributed by atoms with Gasteiger partial charge in [-0.25, -0.2) is 0 Å². The monoisotopic (exact) mass is 373 g/mol. The molecule has 1 fully saturated rings. The standard InChI is InChI=1S/C14H16BrNO6/c15-13-12(6-3-1-2-4-7(6)16-13)22-14-11(20)10(19)9(18)8(5-17)21-14/h1-4,8-11,14,16-20H,5H2/t8-,9-,10+,11-,14+/m1/s1. The van der Waals surface area contributed by atoms with Gasteiger partial charge >= 0.3 is 0 Å². The maximum atomic E-state index is 10.0. The molecule has 0 amide bonds. The van der Waals surface area contributed by atoms with E-state index < -0.39 is 37.3 Å². The van der Waals surface area contributed by atoms with Crippen molar-refractivity contribution in [2.24, 2.45) is 0 Å². The molecule has 1 aromatic carbocycles. The molecule has 0 saturated carbocycles. The quantitative estimate of drug-likeness (QED) is 0.521. The van der Waals surface area contributed by atoms with E-state index in [9.17, 15) is 20.4 Å². The molecule has 0 spiro atoms. The van der Waals surface area contributed by atoms with Gasteiger partial charge in [-0.2, -0.15) is 0 Å². The topological polar surface area (TPSA) is 115 Å². The third-order valence-corrected chi connectivity index (χ3v) is 4.26. The molecule has 3 rings (SSSR count). The highest BCUT2D eigenvalue weighted by Gasteiger charge is 2.45. The largest absolute Gasteiger partial charge is 0.459 e. The Balaban J connectivity index is 1.89. The van der Waals surface area contributed by atoms with Crippen molar-refractivity contribution in [3.63, 3.8) is 0 Å². The highest BCUT2D eigenvalue weighted by molar-refractivity contribution is 9.10. The number of nitrogens with one attached hydrogen (secondary N) is 1. The third-order valence-electron chi connectivity index (χ3n) is 3.70. The second kappa shape index (κ2) is 6.15. The average Bonchev–Trinajstić information content (AvgIpc) is 2.83. The molecule has 5 N–H and O–H groups in total. The van der Waals surface area contributed by atoms with Crippen LogP contribution in [0.5, 0.6) is 5.75 Å². The number of aromatic amines is 1. The first-order chi connectivity index (χ1) is 10.5. The summed E-state index contributed by atoms with van der Waals surface area (Å²) in [7, 11) is 0.